The van der Waals surface area contributed by atoms with E-state index >= 15 is 0 Å². The first-order valence-electron chi connectivity index (χ1n) is 8.83. The van der Waals surface area contributed by atoms with E-state index in [1.165, 1.54) is 16.4 Å². The smallest absolute Gasteiger partial charge is 0.228 e. The molecule has 156 valence electrons. The summed E-state index contributed by atoms with van der Waals surface area (Å²) in [6.07, 6.45) is 1.17. The number of carbonyl (C=O) groups excluding carboxylic acids is 1. The Morgan fingerprint density at radius 3 is 2.34 bits per heavy atom. The van der Waals surface area contributed by atoms with Gasteiger partial charge in [0.05, 0.1) is 22.4 Å². The summed E-state index contributed by atoms with van der Waals surface area (Å²) in [5.41, 5.74) is 0.907. The molecule has 0 radical (unpaired) electrons. The minimum Gasteiger partial charge on any atom is -0.324 e. The number of hydrogen-bond donors (Lipinski definition) is 1. The third-order valence-electron chi connectivity index (χ3n) is 4.69. The highest BCUT2D eigenvalue weighted by atomic mass is 35.5. The van der Waals surface area contributed by atoms with Crippen molar-refractivity contribution in [2.75, 3.05) is 18.4 Å². The zero-order valence-electron chi connectivity index (χ0n) is 15.2. The van der Waals surface area contributed by atoms with Crippen molar-refractivity contribution in [2.45, 2.75) is 18.6 Å². The average molecular weight is 496 g/mol. The summed E-state index contributed by atoms with van der Waals surface area (Å²) in [5.74, 6) is -1.01. The molecule has 0 bridgehead atoms. The number of carbonyl (C=O) groups is 1. The number of hydrogen-bond acceptors (Lipinski definition) is 3. The molecule has 1 fully saturated rings. The molecule has 0 saturated carbocycles. The van der Waals surface area contributed by atoms with Gasteiger partial charge >= 0.3 is 0 Å². The maximum absolute atomic E-state index is 12.9. The number of halogens is 4. The van der Waals surface area contributed by atoms with Gasteiger partial charge < -0.3 is 5.32 Å². The van der Waals surface area contributed by atoms with Crippen LogP contribution in [0.2, 0.25) is 20.1 Å². The van der Waals surface area contributed by atoms with Crippen molar-refractivity contribution >= 4 is 68.0 Å². The van der Waals surface area contributed by atoms with Gasteiger partial charge in [0.15, 0.2) is 0 Å². The van der Waals surface area contributed by atoms with Gasteiger partial charge in [-0.3, -0.25) is 4.79 Å². The summed E-state index contributed by atoms with van der Waals surface area (Å²) in [6, 6.07) is 9.47. The Hall–Kier alpha value is -1.02. The highest BCUT2D eigenvalue weighted by Crippen LogP contribution is 2.29. The second-order valence-electron chi connectivity index (χ2n) is 6.80. The van der Waals surface area contributed by atoms with Gasteiger partial charge in [0.2, 0.25) is 15.9 Å². The standard InChI is InChI=1S/C19H18Cl4N2O3S/c20-14-4-3-13(16(22)8-14)11-29(27,28)25-7-1-2-12(10-25)19(26)24-18-6-5-15(21)9-17(18)23/h3-6,8-9,12H,1-2,7,10-11H2,(H,24,26). The number of nitrogens with zero attached hydrogens (tertiary/aromatic N) is 1. The predicted octanol–water partition coefficient (Wildman–Crippen LogP) is 5.48. The largest absolute Gasteiger partial charge is 0.324 e. The Morgan fingerprint density at radius 2 is 1.69 bits per heavy atom. The zero-order chi connectivity index (χ0) is 21.2. The first kappa shape index (κ1) is 22.7. The molecule has 3 rings (SSSR count). The predicted molar refractivity (Wildman–Crippen MR) is 118 cm³/mol. The van der Waals surface area contributed by atoms with Crippen LogP contribution in [0.4, 0.5) is 5.69 Å². The summed E-state index contributed by atoms with van der Waals surface area (Å²) in [7, 11) is -3.64. The molecule has 10 heteroatoms. The van der Waals surface area contributed by atoms with E-state index in [0.29, 0.717) is 50.7 Å². The quantitative estimate of drug-likeness (QED) is 0.597. The Bertz CT molecular complexity index is 1030. The summed E-state index contributed by atoms with van der Waals surface area (Å²) in [4.78, 5) is 12.7. The first-order valence-corrected chi connectivity index (χ1v) is 12.0. The van der Waals surface area contributed by atoms with Gasteiger partial charge in [-0.25, -0.2) is 12.7 Å². The Labute approximate surface area is 189 Å². The van der Waals surface area contributed by atoms with Crippen LogP contribution in [0.5, 0.6) is 0 Å². The minimum atomic E-state index is -3.64. The van der Waals surface area contributed by atoms with Gasteiger partial charge in [-0.1, -0.05) is 52.5 Å². The maximum Gasteiger partial charge on any atom is 0.228 e. The molecule has 1 unspecified atom stereocenters. The number of amides is 1. The lowest BCUT2D eigenvalue weighted by molar-refractivity contribution is -0.120. The molecule has 1 N–H and O–H groups in total. The minimum absolute atomic E-state index is 0.102. The maximum atomic E-state index is 12.9. The molecule has 1 saturated heterocycles. The molecule has 29 heavy (non-hydrogen) atoms. The zero-order valence-corrected chi connectivity index (χ0v) is 19.0. The number of sulfonamides is 1. The van der Waals surface area contributed by atoms with Crippen LogP contribution in [0.3, 0.4) is 0 Å². The fraction of sp³-hybridized carbons (Fsp3) is 0.316. The number of anilines is 1. The molecular formula is C19H18Cl4N2O3S. The average Bonchev–Trinajstić information content (AvgIpc) is 2.66. The Kier molecular flexibility index (Phi) is 7.36. The lowest BCUT2D eigenvalue weighted by Gasteiger charge is -2.31. The van der Waals surface area contributed by atoms with Gasteiger partial charge in [-0.05, 0) is 48.7 Å². The van der Waals surface area contributed by atoms with Crippen molar-refractivity contribution in [1.82, 2.24) is 4.31 Å². The summed E-state index contributed by atoms with van der Waals surface area (Å²) < 4.78 is 27.1. The molecule has 2 aromatic carbocycles. The van der Waals surface area contributed by atoms with Crippen LogP contribution in [-0.4, -0.2) is 31.7 Å². The third kappa shape index (κ3) is 5.78. The fourth-order valence-electron chi connectivity index (χ4n) is 3.16. The lowest BCUT2D eigenvalue weighted by Crippen LogP contribution is -2.44. The van der Waals surface area contributed by atoms with Crippen molar-refractivity contribution in [2.24, 2.45) is 5.92 Å². The molecule has 1 aliphatic heterocycles. The van der Waals surface area contributed by atoms with Crippen molar-refractivity contribution in [1.29, 1.82) is 0 Å². The van der Waals surface area contributed by atoms with E-state index in [1.54, 1.807) is 24.3 Å². The molecule has 1 aliphatic rings. The highest BCUT2D eigenvalue weighted by Gasteiger charge is 2.33. The van der Waals surface area contributed by atoms with E-state index in [9.17, 15) is 13.2 Å². The second-order valence-corrected chi connectivity index (χ2v) is 10.5. The van der Waals surface area contributed by atoms with Crippen LogP contribution < -0.4 is 5.32 Å². The molecule has 1 heterocycles. The van der Waals surface area contributed by atoms with Crippen molar-refractivity contribution in [3.8, 4) is 0 Å². The number of benzene rings is 2. The topological polar surface area (TPSA) is 66.5 Å². The molecule has 5 nitrogen and oxygen atoms in total. The van der Waals surface area contributed by atoms with Gasteiger partial charge in [0, 0.05) is 28.2 Å². The fourth-order valence-corrected chi connectivity index (χ4v) is 5.81. The molecule has 0 spiro atoms. The van der Waals surface area contributed by atoms with E-state index in [0.717, 1.165) is 0 Å². The van der Waals surface area contributed by atoms with Crippen LogP contribution in [0.1, 0.15) is 18.4 Å². The molecule has 2 aromatic rings. The Morgan fingerprint density at radius 1 is 1.03 bits per heavy atom. The molecular weight excluding hydrogens is 478 g/mol. The van der Waals surface area contributed by atoms with E-state index in [-0.39, 0.29) is 18.2 Å². The lowest BCUT2D eigenvalue weighted by atomic mass is 9.99. The second kappa shape index (κ2) is 9.41. The number of nitrogens with one attached hydrogen (secondary N) is 1. The van der Waals surface area contributed by atoms with Gasteiger partial charge in [0.25, 0.3) is 0 Å². The molecule has 1 amide bonds. The Balaban J connectivity index is 1.69. The monoisotopic (exact) mass is 494 g/mol. The van der Waals surface area contributed by atoms with Crippen LogP contribution in [0.25, 0.3) is 0 Å². The van der Waals surface area contributed by atoms with Crippen molar-refractivity contribution in [3.63, 3.8) is 0 Å². The number of piperidine rings is 1. The van der Waals surface area contributed by atoms with E-state index in [1.807, 2.05) is 0 Å². The van der Waals surface area contributed by atoms with Crippen LogP contribution in [0.15, 0.2) is 36.4 Å². The van der Waals surface area contributed by atoms with E-state index in [4.69, 9.17) is 46.4 Å². The first-order chi connectivity index (χ1) is 13.7. The van der Waals surface area contributed by atoms with Crippen LogP contribution >= 0.6 is 46.4 Å². The van der Waals surface area contributed by atoms with Gasteiger partial charge in [-0.2, -0.15) is 0 Å². The summed E-state index contributed by atoms with van der Waals surface area (Å²) in [5, 5.41) is 4.27. The molecule has 1 atom stereocenters. The van der Waals surface area contributed by atoms with E-state index in [2.05, 4.69) is 5.32 Å². The van der Waals surface area contributed by atoms with Crippen molar-refractivity contribution < 1.29 is 13.2 Å². The van der Waals surface area contributed by atoms with Crippen LogP contribution in [-0.2, 0) is 20.6 Å². The SMILES string of the molecule is O=C(Nc1ccc(Cl)cc1Cl)C1CCCN(S(=O)(=O)Cc2ccc(Cl)cc2Cl)C1. The van der Waals surface area contributed by atoms with E-state index < -0.39 is 15.9 Å². The normalized spacial score (nSPS) is 17.9. The van der Waals surface area contributed by atoms with Gasteiger partial charge in [0.1, 0.15) is 0 Å². The van der Waals surface area contributed by atoms with Crippen LogP contribution in [0, 0.1) is 5.92 Å². The van der Waals surface area contributed by atoms with Crippen molar-refractivity contribution in [3.05, 3.63) is 62.1 Å². The summed E-state index contributed by atoms with van der Waals surface area (Å²) >= 11 is 24.0. The highest BCUT2D eigenvalue weighted by molar-refractivity contribution is 7.88. The summed E-state index contributed by atoms with van der Waals surface area (Å²) in [6.45, 7) is 0.462. The third-order valence-corrected chi connectivity index (χ3v) is 7.62. The van der Waals surface area contributed by atoms with Gasteiger partial charge in [-0.15, -0.1) is 0 Å². The molecule has 0 aliphatic carbocycles. The molecule has 0 aromatic heterocycles. The number of rotatable bonds is 5.